The maximum absolute atomic E-state index is 11.9. The molecule has 0 spiro atoms. The van der Waals surface area contributed by atoms with Gasteiger partial charge >= 0.3 is 0 Å². The van der Waals surface area contributed by atoms with Crippen molar-refractivity contribution >= 4 is 11.4 Å². The quantitative estimate of drug-likeness (QED) is 0.565. The zero-order valence-electron chi connectivity index (χ0n) is 13.4. The summed E-state index contributed by atoms with van der Waals surface area (Å²) in [5.74, 6) is 0.230. The smallest absolute Gasteiger partial charge is 0.163 e. The van der Waals surface area contributed by atoms with Crippen molar-refractivity contribution in [2.75, 3.05) is 0 Å². The third kappa shape index (κ3) is 2.16. The molecule has 0 radical (unpaired) electrons. The Balaban J connectivity index is 1.79. The van der Waals surface area contributed by atoms with E-state index >= 15 is 0 Å². The highest BCUT2D eigenvalue weighted by atomic mass is 16.1. The molecular formula is C20H14N4O. The van der Waals surface area contributed by atoms with E-state index in [1.54, 1.807) is 23.1 Å². The van der Waals surface area contributed by atoms with Gasteiger partial charge in [-0.2, -0.15) is 5.10 Å². The first-order chi connectivity index (χ1) is 12.3. The van der Waals surface area contributed by atoms with Crippen LogP contribution >= 0.6 is 0 Å². The monoisotopic (exact) mass is 326 g/mol. The van der Waals surface area contributed by atoms with Gasteiger partial charge in [-0.15, -0.1) is 0 Å². The Hall–Kier alpha value is -3.34. The Morgan fingerprint density at radius 1 is 0.960 bits per heavy atom. The number of carbonyl (C=O) groups excluding carboxylic acids is 1. The molecule has 0 fully saturated rings. The van der Waals surface area contributed by atoms with E-state index < -0.39 is 0 Å². The molecule has 3 aromatic heterocycles. The average Bonchev–Trinajstić information content (AvgIpc) is 3.23. The SMILES string of the molecule is O=C1CCc2cc(-c3c(-c4ccncc4)nn4cccnc34)ccc21. The molecule has 0 aliphatic heterocycles. The fraction of sp³-hybridized carbons (Fsp3) is 0.100. The zero-order chi connectivity index (χ0) is 16.8. The number of pyridine rings is 1. The third-order valence-electron chi connectivity index (χ3n) is 4.66. The second-order valence-corrected chi connectivity index (χ2v) is 6.14. The molecule has 0 saturated heterocycles. The highest BCUT2D eigenvalue weighted by Crippen LogP contribution is 2.36. The molecule has 5 rings (SSSR count). The predicted octanol–water partition coefficient (Wildman–Crippen LogP) is 3.59. The molecule has 5 heteroatoms. The molecule has 1 aliphatic carbocycles. The molecule has 25 heavy (non-hydrogen) atoms. The van der Waals surface area contributed by atoms with Crippen LogP contribution in [0, 0.1) is 0 Å². The number of Topliss-reactive ketones (excluding diaryl/α,β-unsaturated/α-hetero) is 1. The van der Waals surface area contributed by atoms with E-state index in [9.17, 15) is 4.79 Å². The number of hydrogen-bond acceptors (Lipinski definition) is 4. The summed E-state index contributed by atoms with van der Waals surface area (Å²) in [5.41, 5.74) is 6.64. The van der Waals surface area contributed by atoms with Gasteiger partial charge in [-0.1, -0.05) is 18.2 Å². The highest BCUT2D eigenvalue weighted by molar-refractivity contribution is 6.01. The number of hydrogen-bond donors (Lipinski definition) is 0. The predicted molar refractivity (Wildman–Crippen MR) is 94.3 cm³/mol. The Morgan fingerprint density at radius 3 is 2.72 bits per heavy atom. The first-order valence-corrected chi connectivity index (χ1v) is 8.21. The molecule has 0 atom stereocenters. The summed E-state index contributed by atoms with van der Waals surface area (Å²) in [6.07, 6.45) is 8.60. The van der Waals surface area contributed by atoms with Crippen molar-refractivity contribution in [3.05, 3.63) is 72.3 Å². The van der Waals surface area contributed by atoms with Gasteiger partial charge in [0.05, 0.1) is 5.56 Å². The number of ketones is 1. The first-order valence-electron chi connectivity index (χ1n) is 8.21. The number of rotatable bonds is 2. The minimum atomic E-state index is 0.230. The van der Waals surface area contributed by atoms with Gasteiger partial charge in [0.25, 0.3) is 0 Å². The molecular weight excluding hydrogens is 312 g/mol. The molecule has 5 nitrogen and oxygen atoms in total. The Morgan fingerprint density at radius 2 is 1.84 bits per heavy atom. The van der Waals surface area contributed by atoms with Gasteiger partial charge in [0, 0.05) is 42.3 Å². The molecule has 4 aromatic rings. The van der Waals surface area contributed by atoms with E-state index in [4.69, 9.17) is 5.10 Å². The fourth-order valence-corrected chi connectivity index (χ4v) is 3.48. The summed E-state index contributed by atoms with van der Waals surface area (Å²) < 4.78 is 1.80. The van der Waals surface area contributed by atoms with Crippen LogP contribution in [-0.2, 0) is 6.42 Å². The molecule has 120 valence electrons. The van der Waals surface area contributed by atoms with Crippen molar-refractivity contribution in [2.24, 2.45) is 0 Å². The number of aromatic nitrogens is 4. The van der Waals surface area contributed by atoms with Crippen LogP contribution in [0.25, 0.3) is 28.0 Å². The minimum absolute atomic E-state index is 0.230. The summed E-state index contributed by atoms with van der Waals surface area (Å²) in [4.78, 5) is 20.6. The van der Waals surface area contributed by atoms with Crippen molar-refractivity contribution in [3.63, 3.8) is 0 Å². The Kier molecular flexibility index (Phi) is 3.00. The lowest BCUT2D eigenvalue weighted by molar-refractivity contribution is 0.0994. The molecule has 1 aliphatic rings. The van der Waals surface area contributed by atoms with Crippen molar-refractivity contribution in [1.29, 1.82) is 0 Å². The van der Waals surface area contributed by atoms with Crippen LogP contribution in [-0.4, -0.2) is 25.4 Å². The van der Waals surface area contributed by atoms with Crippen molar-refractivity contribution in [3.8, 4) is 22.4 Å². The lowest BCUT2D eigenvalue weighted by Crippen LogP contribution is -1.92. The maximum atomic E-state index is 11.9. The first kappa shape index (κ1) is 14.0. The van der Waals surface area contributed by atoms with Crippen LogP contribution in [0.15, 0.2) is 61.2 Å². The molecule has 0 bridgehead atoms. The van der Waals surface area contributed by atoms with E-state index in [0.717, 1.165) is 45.6 Å². The van der Waals surface area contributed by atoms with Crippen LogP contribution in [0.3, 0.4) is 0 Å². The topological polar surface area (TPSA) is 60.2 Å². The Labute approximate surface area is 144 Å². The van der Waals surface area contributed by atoms with Crippen molar-refractivity contribution in [1.82, 2.24) is 19.6 Å². The molecule has 1 aromatic carbocycles. The number of carbonyl (C=O) groups is 1. The summed E-state index contributed by atoms with van der Waals surface area (Å²) in [6, 6.07) is 11.8. The Bertz CT molecular complexity index is 1120. The lowest BCUT2D eigenvalue weighted by Gasteiger charge is -2.06. The standard InChI is InChI=1S/C20H14N4O/c25-17-5-3-14-12-15(2-4-16(14)17)18-19(13-6-9-21-10-7-13)23-24-11-1-8-22-20(18)24/h1-2,4,6-12H,3,5H2. The van der Waals surface area contributed by atoms with Gasteiger partial charge in [0.1, 0.15) is 5.69 Å². The van der Waals surface area contributed by atoms with Gasteiger partial charge in [-0.3, -0.25) is 9.78 Å². The van der Waals surface area contributed by atoms with E-state index in [2.05, 4.69) is 16.0 Å². The molecule has 0 N–H and O–H groups in total. The third-order valence-corrected chi connectivity index (χ3v) is 4.66. The zero-order valence-corrected chi connectivity index (χ0v) is 13.4. The van der Waals surface area contributed by atoms with Crippen LogP contribution in [0.4, 0.5) is 0 Å². The molecule has 3 heterocycles. The number of benzene rings is 1. The van der Waals surface area contributed by atoms with Gasteiger partial charge in [0.2, 0.25) is 0 Å². The van der Waals surface area contributed by atoms with Gasteiger partial charge < -0.3 is 0 Å². The van der Waals surface area contributed by atoms with Crippen LogP contribution < -0.4 is 0 Å². The largest absolute Gasteiger partial charge is 0.294 e. The van der Waals surface area contributed by atoms with Crippen molar-refractivity contribution in [2.45, 2.75) is 12.8 Å². The maximum Gasteiger partial charge on any atom is 0.163 e. The molecule has 0 amide bonds. The second kappa shape index (κ2) is 5.34. The van der Waals surface area contributed by atoms with E-state index in [-0.39, 0.29) is 5.78 Å². The van der Waals surface area contributed by atoms with Gasteiger partial charge in [-0.05, 0) is 35.7 Å². The average molecular weight is 326 g/mol. The van der Waals surface area contributed by atoms with Crippen molar-refractivity contribution < 1.29 is 4.79 Å². The number of aryl methyl sites for hydroxylation is 1. The fourth-order valence-electron chi connectivity index (χ4n) is 3.48. The van der Waals surface area contributed by atoms with Gasteiger partial charge in [0.15, 0.2) is 11.4 Å². The summed E-state index contributed by atoms with van der Waals surface area (Å²) in [7, 11) is 0. The molecule has 0 saturated carbocycles. The number of fused-ring (bicyclic) bond motifs is 2. The minimum Gasteiger partial charge on any atom is -0.294 e. The van der Waals surface area contributed by atoms with Crippen LogP contribution in [0.1, 0.15) is 22.3 Å². The number of nitrogens with zero attached hydrogens (tertiary/aromatic N) is 4. The molecule has 0 unspecified atom stereocenters. The van der Waals surface area contributed by atoms with E-state index in [1.165, 1.54) is 0 Å². The summed E-state index contributed by atoms with van der Waals surface area (Å²) in [6.45, 7) is 0. The lowest BCUT2D eigenvalue weighted by atomic mass is 9.98. The normalized spacial score (nSPS) is 13.4. The summed E-state index contributed by atoms with van der Waals surface area (Å²) >= 11 is 0. The summed E-state index contributed by atoms with van der Waals surface area (Å²) in [5, 5.41) is 4.73. The van der Waals surface area contributed by atoms with Crippen LogP contribution in [0.5, 0.6) is 0 Å². The highest BCUT2D eigenvalue weighted by Gasteiger charge is 2.22. The van der Waals surface area contributed by atoms with Gasteiger partial charge in [-0.25, -0.2) is 9.50 Å². The van der Waals surface area contributed by atoms with E-state index in [1.807, 2.05) is 36.5 Å². The second-order valence-electron chi connectivity index (χ2n) is 6.14. The van der Waals surface area contributed by atoms with Crippen LogP contribution in [0.2, 0.25) is 0 Å². The van der Waals surface area contributed by atoms with E-state index in [0.29, 0.717) is 6.42 Å².